The molecule has 1 aromatic heterocycles. The number of fused-ring (bicyclic) bond motifs is 1. The average molecular weight is 525 g/mol. The van der Waals surface area contributed by atoms with E-state index in [-0.39, 0.29) is 24.0 Å². The van der Waals surface area contributed by atoms with E-state index in [4.69, 9.17) is 19.2 Å². The Morgan fingerprint density at radius 1 is 1.13 bits per heavy atom. The molecule has 2 unspecified atom stereocenters. The summed E-state index contributed by atoms with van der Waals surface area (Å²) in [5.41, 5.74) is 5.46. The summed E-state index contributed by atoms with van der Waals surface area (Å²) in [4.78, 5) is 20.0. The van der Waals surface area contributed by atoms with Crippen LogP contribution in [0, 0.1) is 5.82 Å². The van der Waals surface area contributed by atoms with E-state index in [0.29, 0.717) is 31.9 Å². The van der Waals surface area contributed by atoms with Crippen molar-refractivity contribution in [2.45, 2.75) is 88.9 Å². The molecule has 38 heavy (non-hydrogen) atoms. The number of aryl methyl sites for hydroxylation is 3. The summed E-state index contributed by atoms with van der Waals surface area (Å²) in [6, 6.07) is 8.50. The van der Waals surface area contributed by atoms with Crippen LogP contribution in [0.15, 0.2) is 30.3 Å². The van der Waals surface area contributed by atoms with Crippen LogP contribution in [0.2, 0.25) is 0 Å². The number of rotatable bonds is 10. The number of hydrogen-bond acceptors (Lipinski definition) is 6. The molecule has 3 heterocycles. The molecule has 0 N–H and O–H groups in total. The quantitative estimate of drug-likeness (QED) is 0.295. The fourth-order valence-corrected chi connectivity index (χ4v) is 6.20. The van der Waals surface area contributed by atoms with Gasteiger partial charge in [-0.2, -0.15) is 0 Å². The smallest absolute Gasteiger partial charge is 0.327 e. The van der Waals surface area contributed by atoms with Crippen molar-refractivity contribution in [3.63, 3.8) is 0 Å². The van der Waals surface area contributed by atoms with E-state index in [1.54, 1.807) is 6.07 Å². The third kappa shape index (κ3) is 6.61. The highest BCUT2D eigenvalue weighted by molar-refractivity contribution is 5.78. The number of pyridine rings is 1. The molecule has 0 amide bonds. The predicted molar refractivity (Wildman–Crippen MR) is 143 cm³/mol. The second-order valence-electron chi connectivity index (χ2n) is 10.9. The molecule has 0 spiro atoms. The van der Waals surface area contributed by atoms with Gasteiger partial charge in [0.25, 0.3) is 0 Å². The molecule has 206 valence electrons. The number of methoxy groups -OCH3 is 1. The molecule has 6 nitrogen and oxygen atoms in total. The molecule has 1 aliphatic carbocycles. The van der Waals surface area contributed by atoms with Crippen molar-refractivity contribution in [3.05, 3.63) is 64.2 Å². The zero-order valence-electron chi connectivity index (χ0n) is 22.6. The molecule has 3 aliphatic rings. The van der Waals surface area contributed by atoms with E-state index in [1.807, 2.05) is 0 Å². The Labute approximate surface area is 225 Å². The number of carbonyl (C=O) groups excluding carboxylic acids is 1. The fourth-order valence-electron chi connectivity index (χ4n) is 6.20. The monoisotopic (exact) mass is 524 g/mol. The summed E-state index contributed by atoms with van der Waals surface area (Å²) < 4.78 is 31.8. The first-order chi connectivity index (χ1) is 18.6. The molecule has 2 fully saturated rings. The van der Waals surface area contributed by atoms with Gasteiger partial charge in [-0.1, -0.05) is 12.1 Å². The highest BCUT2D eigenvalue weighted by Gasteiger charge is 2.37. The van der Waals surface area contributed by atoms with Gasteiger partial charge in [0, 0.05) is 37.7 Å². The van der Waals surface area contributed by atoms with Gasteiger partial charge in [0.15, 0.2) is 0 Å². The molecule has 2 saturated heterocycles. The number of unbranched alkanes of at least 4 members (excludes halogenated alkanes) is 1. The SMILES string of the molecule is COC(=O)C(c1cc(F)ccc1C1CCCCO1)N1CC[C@@H](OCCCCc2ccc3c(n2)CCCC3)C1. The minimum Gasteiger partial charge on any atom is -0.468 e. The number of hydrogen-bond donors (Lipinski definition) is 0. The van der Waals surface area contributed by atoms with Gasteiger partial charge in [-0.25, -0.2) is 9.18 Å². The number of likely N-dealkylation sites (tertiary alicyclic amines) is 1. The maximum Gasteiger partial charge on any atom is 0.327 e. The number of benzene rings is 1. The van der Waals surface area contributed by atoms with Gasteiger partial charge in [0.2, 0.25) is 0 Å². The van der Waals surface area contributed by atoms with Crippen molar-refractivity contribution < 1.29 is 23.4 Å². The first kappa shape index (κ1) is 27.2. The lowest BCUT2D eigenvalue weighted by atomic mass is 9.92. The summed E-state index contributed by atoms with van der Waals surface area (Å²) >= 11 is 0. The first-order valence-corrected chi connectivity index (χ1v) is 14.4. The van der Waals surface area contributed by atoms with E-state index < -0.39 is 6.04 Å². The highest BCUT2D eigenvalue weighted by atomic mass is 19.1. The molecule has 7 heteroatoms. The zero-order valence-corrected chi connectivity index (χ0v) is 22.6. The third-order valence-corrected chi connectivity index (χ3v) is 8.25. The Balaban J connectivity index is 1.15. The highest BCUT2D eigenvalue weighted by Crippen LogP contribution is 2.37. The van der Waals surface area contributed by atoms with Crippen LogP contribution in [0.1, 0.15) is 91.6 Å². The molecule has 0 bridgehead atoms. The molecular weight excluding hydrogens is 483 g/mol. The summed E-state index contributed by atoms with van der Waals surface area (Å²) in [6.07, 6.45) is 11.5. The molecule has 0 saturated carbocycles. The Hall–Kier alpha value is -2.35. The Morgan fingerprint density at radius 2 is 2.03 bits per heavy atom. The van der Waals surface area contributed by atoms with Crippen LogP contribution < -0.4 is 0 Å². The van der Waals surface area contributed by atoms with Crippen molar-refractivity contribution in [1.29, 1.82) is 0 Å². The fraction of sp³-hybridized carbons (Fsp3) is 0.613. The van der Waals surface area contributed by atoms with Gasteiger partial charge in [-0.05, 0) is 106 Å². The first-order valence-electron chi connectivity index (χ1n) is 14.4. The van der Waals surface area contributed by atoms with Crippen LogP contribution in [0.25, 0.3) is 0 Å². The number of halogens is 1. The van der Waals surface area contributed by atoms with Gasteiger partial charge in [-0.3, -0.25) is 9.88 Å². The van der Waals surface area contributed by atoms with Gasteiger partial charge >= 0.3 is 5.97 Å². The number of aromatic nitrogens is 1. The minimum atomic E-state index is -0.667. The molecule has 3 atom stereocenters. The van der Waals surface area contributed by atoms with Gasteiger partial charge < -0.3 is 14.2 Å². The van der Waals surface area contributed by atoms with E-state index in [1.165, 1.54) is 55.5 Å². The van der Waals surface area contributed by atoms with Crippen LogP contribution in [0.3, 0.4) is 0 Å². The molecule has 5 rings (SSSR count). The summed E-state index contributed by atoms with van der Waals surface area (Å²) in [7, 11) is 1.40. The summed E-state index contributed by atoms with van der Waals surface area (Å²) in [5.74, 6) is -0.722. The van der Waals surface area contributed by atoms with E-state index >= 15 is 0 Å². The van der Waals surface area contributed by atoms with Crippen LogP contribution >= 0.6 is 0 Å². The van der Waals surface area contributed by atoms with Crippen molar-refractivity contribution >= 4 is 5.97 Å². The molecule has 2 aliphatic heterocycles. The van der Waals surface area contributed by atoms with Crippen molar-refractivity contribution in [2.75, 3.05) is 33.4 Å². The minimum absolute atomic E-state index is 0.0481. The summed E-state index contributed by atoms with van der Waals surface area (Å²) in [6.45, 7) is 2.69. The number of carbonyl (C=O) groups is 1. The van der Waals surface area contributed by atoms with Crippen molar-refractivity contribution in [3.8, 4) is 0 Å². The summed E-state index contributed by atoms with van der Waals surface area (Å²) in [5, 5.41) is 0. The number of nitrogens with zero attached hydrogens (tertiary/aromatic N) is 2. The Morgan fingerprint density at radius 3 is 2.87 bits per heavy atom. The van der Waals surface area contributed by atoms with Gasteiger partial charge in [0.05, 0.1) is 19.3 Å². The standard InChI is InChI=1S/C31H41FN2O4/c1-36-31(35)30(27-20-23(32)13-15-26(27)29-11-5-7-19-38-29)34-17-16-25(21-34)37-18-6-4-9-24-14-12-22-8-2-3-10-28(22)33-24/h12-15,20,25,29-30H,2-11,16-19,21H2,1H3/t25-,29?,30?/m1/s1. The van der Waals surface area contributed by atoms with Crippen LogP contribution in [0.5, 0.6) is 0 Å². The number of esters is 1. The lowest BCUT2D eigenvalue weighted by Crippen LogP contribution is -2.35. The Kier molecular flexibility index (Phi) is 9.41. The molecular formula is C31H41FN2O4. The second kappa shape index (κ2) is 13.1. The topological polar surface area (TPSA) is 60.9 Å². The third-order valence-electron chi connectivity index (χ3n) is 8.25. The maximum atomic E-state index is 14.4. The van der Waals surface area contributed by atoms with Gasteiger partial charge in [-0.15, -0.1) is 0 Å². The van der Waals surface area contributed by atoms with Gasteiger partial charge in [0.1, 0.15) is 11.9 Å². The van der Waals surface area contributed by atoms with E-state index in [2.05, 4.69) is 17.0 Å². The largest absolute Gasteiger partial charge is 0.468 e. The lowest BCUT2D eigenvalue weighted by Gasteiger charge is -2.31. The normalized spacial score (nSPS) is 22.7. The molecule has 1 aromatic carbocycles. The zero-order chi connectivity index (χ0) is 26.3. The Bertz CT molecular complexity index is 1090. The van der Waals surface area contributed by atoms with Crippen LogP contribution in [0.4, 0.5) is 4.39 Å². The molecule has 0 radical (unpaired) electrons. The molecule has 2 aromatic rings. The van der Waals surface area contributed by atoms with Crippen LogP contribution in [-0.2, 0) is 38.3 Å². The maximum absolute atomic E-state index is 14.4. The second-order valence-corrected chi connectivity index (χ2v) is 10.9. The number of ether oxygens (including phenoxy) is 3. The van der Waals surface area contributed by atoms with Crippen LogP contribution in [-0.4, -0.2) is 55.4 Å². The van der Waals surface area contributed by atoms with E-state index in [0.717, 1.165) is 56.9 Å². The predicted octanol–water partition coefficient (Wildman–Crippen LogP) is 5.67. The lowest BCUT2D eigenvalue weighted by molar-refractivity contribution is -0.147. The average Bonchev–Trinajstić information content (AvgIpc) is 3.41. The van der Waals surface area contributed by atoms with Crippen molar-refractivity contribution in [1.82, 2.24) is 9.88 Å². The van der Waals surface area contributed by atoms with Crippen molar-refractivity contribution in [2.24, 2.45) is 0 Å². The van der Waals surface area contributed by atoms with E-state index in [9.17, 15) is 9.18 Å².